The molecule has 2 rings (SSSR count). The van der Waals surface area contributed by atoms with E-state index in [1.165, 1.54) is 11.3 Å². The molecule has 1 atom stereocenters. The van der Waals surface area contributed by atoms with Gasteiger partial charge < -0.3 is 9.84 Å². The van der Waals surface area contributed by atoms with Crippen LogP contribution in [0.25, 0.3) is 0 Å². The molecule has 1 N–H and O–H groups in total. The summed E-state index contributed by atoms with van der Waals surface area (Å²) in [4.78, 5) is 14.6. The van der Waals surface area contributed by atoms with Crippen LogP contribution < -0.4 is 0 Å². The van der Waals surface area contributed by atoms with Gasteiger partial charge in [0.25, 0.3) is 0 Å². The number of thiazole rings is 1. The first kappa shape index (κ1) is 11.9. The molecule has 2 heterocycles. The first-order chi connectivity index (χ1) is 7.75. The van der Waals surface area contributed by atoms with E-state index in [9.17, 15) is 4.79 Å². The lowest BCUT2D eigenvalue weighted by Gasteiger charge is -2.07. The molecule has 1 aliphatic rings. The van der Waals surface area contributed by atoms with E-state index in [4.69, 9.17) is 9.84 Å². The molecule has 0 aromatic carbocycles. The second kappa shape index (κ2) is 5.65. The highest BCUT2D eigenvalue weighted by molar-refractivity contribution is 7.98. The zero-order valence-electron chi connectivity index (χ0n) is 8.72. The van der Waals surface area contributed by atoms with Crippen LogP contribution in [0.3, 0.4) is 0 Å². The zero-order valence-corrected chi connectivity index (χ0v) is 10.4. The number of carboxylic acid groups (broad SMARTS) is 1. The molecule has 0 saturated carbocycles. The van der Waals surface area contributed by atoms with Gasteiger partial charge in [-0.25, -0.2) is 9.78 Å². The van der Waals surface area contributed by atoms with Gasteiger partial charge in [-0.2, -0.15) is 11.8 Å². The zero-order chi connectivity index (χ0) is 11.4. The highest BCUT2D eigenvalue weighted by Crippen LogP contribution is 2.21. The molecule has 0 bridgehead atoms. The van der Waals surface area contributed by atoms with Gasteiger partial charge in [0.1, 0.15) is 0 Å². The van der Waals surface area contributed by atoms with E-state index in [2.05, 4.69) is 4.98 Å². The van der Waals surface area contributed by atoms with E-state index in [0.29, 0.717) is 6.10 Å². The average Bonchev–Trinajstić information content (AvgIpc) is 2.87. The number of rotatable bonds is 5. The smallest absolute Gasteiger partial charge is 0.365 e. The van der Waals surface area contributed by atoms with Crippen LogP contribution in [0.15, 0.2) is 5.38 Å². The molecule has 1 fully saturated rings. The molecular formula is C10H13NO3S2. The Morgan fingerprint density at radius 2 is 2.62 bits per heavy atom. The standard InChI is InChI=1S/C10H13NO3S2/c12-10(13)9-11-7(5-16-9)4-15-6-8-2-1-3-14-8/h5,8H,1-4,6H2,(H,12,13). The topological polar surface area (TPSA) is 59.4 Å². The maximum Gasteiger partial charge on any atom is 0.365 e. The molecule has 0 amide bonds. The van der Waals surface area contributed by atoms with Crippen molar-refractivity contribution in [1.29, 1.82) is 0 Å². The molecule has 0 radical (unpaired) electrons. The van der Waals surface area contributed by atoms with Crippen molar-refractivity contribution in [2.45, 2.75) is 24.7 Å². The fourth-order valence-corrected chi connectivity index (χ4v) is 3.30. The van der Waals surface area contributed by atoms with Crippen LogP contribution in [0.1, 0.15) is 28.3 Å². The molecule has 1 aromatic rings. The average molecular weight is 259 g/mol. The molecule has 1 aliphatic heterocycles. The van der Waals surface area contributed by atoms with Gasteiger partial charge in [0.15, 0.2) is 0 Å². The molecule has 4 nitrogen and oxygen atoms in total. The minimum absolute atomic E-state index is 0.174. The van der Waals surface area contributed by atoms with Crippen molar-refractivity contribution in [2.24, 2.45) is 0 Å². The number of hydrogen-bond acceptors (Lipinski definition) is 5. The first-order valence-electron chi connectivity index (χ1n) is 5.13. The van der Waals surface area contributed by atoms with Gasteiger partial charge in [-0.3, -0.25) is 0 Å². The number of carbonyl (C=O) groups is 1. The summed E-state index contributed by atoms with van der Waals surface area (Å²) in [6, 6.07) is 0. The molecule has 6 heteroatoms. The molecular weight excluding hydrogens is 246 g/mol. The minimum Gasteiger partial charge on any atom is -0.476 e. The minimum atomic E-state index is -0.944. The molecule has 88 valence electrons. The summed E-state index contributed by atoms with van der Waals surface area (Å²) in [5.74, 6) is 0.796. The highest BCUT2D eigenvalue weighted by atomic mass is 32.2. The van der Waals surface area contributed by atoms with Crippen LogP contribution in [0.5, 0.6) is 0 Å². The molecule has 1 saturated heterocycles. The number of nitrogens with zero attached hydrogens (tertiary/aromatic N) is 1. The van der Waals surface area contributed by atoms with Crippen molar-refractivity contribution in [2.75, 3.05) is 12.4 Å². The van der Waals surface area contributed by atoms with Gasteiger partial charge in [0.05, 0.1) is 11.8 Å². The van der Waals surface area contributed by atoms with Crippen LogP contribution >= 0.6 is 23.1 Å². The Labute approximate surface area is 102 Å². The lowest BCUT2D eigenvalue weighted by atomic mass is 10.3. The van der Waals surface area contributed by atoms with Crippen LogP contribution in [-0.4, -0.2) is 34.5 Å². The van der Waals surface area contributed by atoms with Crippen molar-refractivity contribution in [1.82, 2.24) is 4.98 Å². The van der Waals surface area contributed by atoms with E-state index < -0.39 is 5.97 Å². The number of aromatic carboxylic acids is 1. The van der Waals surface area contributed by atoms with Crippen molar-refractivity contribution < 1.29 is 14.6 Å². The highest BCUT2D eigenvalue weighted by Gasteiger charge is 2.15. The molecule has 0 spiro atoms. The lowest BCUT2D eigenvalue weighted by molar-refractivity contribution is 0.0696. The Bertz CT molecular complexity index is 361. The number of thioether (sulfide) groups is 1. The normalized spacial score (nSPS) is 20.1. The largest absolute Gasteiger partial charge is 0.476 e. The van der Waals surface area contributed by atoms with Gasteiger partial charge in [-0.05, 0) is 12.8 Å². The van der Waals surface area contributed by atoms with Crippen LogP contribution in [0.2, 0.25) is 0 Å². The van der Waals surface area contributed by atoms with Crippen molar-refractivity contribution in [3.05, 3.63) is 16.1 Å². The number of aromatic nitrogens is 1. The maximum atomic E-state index is 10.6. The monoisotopic (exact) mass is 259 g/mol. The predicted molar refractivity (Wildman–Crippen MR) is 64.2 cm³/mol. The van der Waals surface area contributed by atoms with E-state index in [0.717, 1.165) is 36.6 Å². The van der Waals surface area contributed by atoms with Gasteiger partial charge in [0, 0.05) is 23.5 Å². The summed E-state index contributed by atoms with van der Waals surface area (Å²) in [5.41, 5.74) is 0.852. The summed E-state index contributed by atoms with van der Waals surface area (Å²) in [6.45, 7) is 0.880. The van der Waals surface area contributed by atoms with Crippen LogP contribution in [-0.2, 0) is 10.5 Å². The molecule has 16 heavy (non-hydrogen) atoms. The van der Waals surface area contributed by atoms with E-state index >= 15 is 0 Å². The summed E-state index contributed by atoms with van der Waals surface area (Å²) < 4.78 is 5.50. The Hall–Kier alpha value is -0.590. The summed E-state index contributed by atoms with van der Waals surface area (Å²) >= 11 is 2.94. The second-order valence-corrected chi connectivity index (χ2v) is 5.49. The Kier molecular flexibility index (Phi) is 4.20. The fraction of sp³-hybridized carbons (Fsp3) is 0.600. The summed E-state index contributed by atoms with van der Waals surface area (Å²) in [6.07, 6.45) is 2.68. The molecule has 0 aliphatic carbocycles. The van der Waals surface area contributed by atoms with Crippen LogP contribution in [0, 0.1) is 0 Å². The molecule has 1 unspecified atom stereocenters. The van der Waals surface area contributed by atoms with E-state index in [1.54, 1.807) is 11.8 Å². The van der Waals surface area contributed by atoms with Gasteiger partial charge >= 0.3 is 5.97 Å². The SMILES string of the molecule is O=C(O)c1nc(CSCC2CCCO2)cs1. The first-order valence-corrected chi connectivity index (χ1v) is 7.16. The maximum absolute atomic E-state index is 10.6. The lowest BCUT2D eigenvalue weighted by Crippen LogP contribution is -2.08. The summed E-state index contributed by atoms with van der Waals surface area (Å²) in [5, 5.41) is 10.7. The van der Waals surface area contributed by atoms with Crippen molar-refractivity contribution >= 4 is 29.1 Å². The fourth-order valence-electron chi connectivity index (χ4n) is 1.54. The van der Waals surface area contributed by atoms with Crippen molar-refractivity contribution in [3.63, 3.8) is 0 Å². The second-order valence-electron chi connectivity index (χ2n) is 3.60. The number of hydrogen-bond donors (Lipinski definition) is 1. The Morgan fingerprint density at radius 3 is 3.25 bits per heavy atom. The van der Waals surface area contributed by atoms with Crippen molar-refractivity contribution in [3.8, 4) is 0 Å². The quantitative estimate of drug-likeness (QED) is 0.879. The van der Waals surface area contributed by atoms with E-state index in [1.807, 2.05) is 5.38 Å². The molecule has 1 aromatic heterocycles. The van der Waals surface area contributed by atoms with E-state index in [-0.39, 0.29) is 5.01 Å². The number of ether oxygens (including phenoxy) is 1. The third kappa shape index (κ3) is 3.20. The van der Waals surface area contributed by atoms with Crippen LogP contribution in [0.4, 0.5) is 0 Å². The summed E-state index contributed by atoms with van der Waals surface area (Å²) in [7, 11) is 0. The van der Waals surface area contributed by atoms with Gasteiger partial charge in [-0.1, -0.05) is 0 Å². The third-order valence-electron chi connectivity index (χ3n) is 2.31. The number of carboxylic acids is 1. The Morgan fingerprint density at radius 1 is 1.75 bits per heavy atom. The Balaban J connectivity index is 1.74. The van der Waals surface area contributed by atoms with Gasteiger partial charge in [0.2, 0.25) is 5.01 Å². The predicted octanol–water partition coefficient (Wildman–Crippen LogP) is 2.25. The third-order valence-corrected chi connectivity index (χ3v) is 4.30. The van der Waals surface area contributed by atoms with Gasteiger partial charge in [-0.15, -0.1) is 11.3 Å².